The summed E-state index contributed by atoms with van der Waals surface area (Å²) < 4.78 is 9.39. The number of rotatable bonds is 5. The van der Waals surface area contributed by atoms with Crippen LogP contribution in [-0.4, -0.2) is 52.8 Å². The van der Waals surface area contributed by atoms with E-state index in [2.05, 4.69) is 42.5 Å². The predicted octanol–water partition coefficient (Wildman–Crippen LogP) is 1.29. The Morgan fingerprint density at radius 3 is 3.04 bits per heavy atom. The Bertz CT molecular complexity index is 699. The van der Waals surface area contributed by atoms with Crippen molar-refractivity contribution in [3.63, 3.8) is 0 Å². The fourth-order valence-corrected chi connectivity index (χ4v) is 3.80. The molecule has 0 saturated carbocycles. The van der Waals surface area contributed by atoms with Gasteiger partial charge in [-0.05, 0) is 30.9 Å². The molecule has 2 aromatic rings. The van der Waals surface area contributed by atoms with Crippen LogP contribution in [0.3, 0.4) is 0 Å². The third kappa shape index (κ3) is 2.76. The summed E-state index contributed by atoms with van der Waals surface area (Å²) in [6.45, 7) is 2.36. The number of hydrogen-bond acceptors (Lipinski definition) is 8. The highest BCUT2D eigenvalue weighted by Crippen LogP contribution is 2.28. The lowest BCUT2D eigenvalue weighted by molar-refractivity contribution is 0.179. The number of nitrogens with zero attached hydrogens (tertiary/aromatic N) is 6. The fourth-order valence-electron chi connectivity index (χ4n) is 3.09. The minimum Gasteiger partial charge on any atom is -0.377 e. The molecule has 2 aromatic heterocycles. The van der Waals surface area contributed by atoms with Crippen LogP contribution in [0.15, 0.2) is 6.07 Å². The van der Waals surface area contributed by atoms with Gasteiger partial charge in [0, 0.05) is 38.8 Å². The zero-order chi connectivity index (χ0) is 15.8. The summed E-state index contributed by atoms with van der Waals surface area (Å²) in [6.07, 6.45) is 3.43. The molecule has 23 heavy (non-hydrogen) atoms. The minimum absolute atomic E-state index is 0.438. The van der Waals surface area contributed by atoms with Gasteiger partial charge in [-0.2, -0.15) is 9.47 Å². The van der Waals surface area contributed by atoms with Gasteiger partial charge in [0.1, 0.15) is 6.61 Å². The molecule has 122 valence electrons. The van der Waals surface area contributed by atoms with Crippen LogP contribution in [0.1, 0.15) is 23.5 Å². The first kappa shape index (κ1) is 14.8. The van der Waals surface area contributed by atoms with Crippen LogP contribution in [0, 0.1) is 0 Å². The van der Waals surface area contributed by atoms with E-state index in [-0.39, 0.29) is 0 Å². The van der Waals surface area contributed by atoms with Gasteiger partial charge in [0.2, 0.25) is 5.13 Å². The van der Waals surface area contributed by atoms with Crippen molar-refractivity contribution in [3.8, 4) is 0 Å². The third-order valence-corrected chi connectivity index (χ3v) is 5.42. The molecule has 0 amide bonds. The van der Waals surface area contributed by atoms with Crippen molar-refractivity contribution in [2.45, 2.75) is 31.9 Å². The third-order valence-electron chi connectivity index (χ3n) is 4.57. The zero-order valence-electron chi connectivity index (χ0n) is 13.4. The highest BCUT2D eigenvalue weighted by molar-refractivity contribution is 7.09. The summed E-state index contributed by atoms with van der Waals surface area (Å²) in [6, 6.07) is 2.65. The van der Waals surface area contributed by atoms with Crippen molar-refractivity contribution in [1.82, 2.24) is 19.6 Å². The summed E-state index contributed by atoms with van der Waals surface area (Å²) in [5.41, 5.74) is 2.56. The molecule has 1 aliphatic heterocycles. The molecule has 1 saturated heterocycles. The molecular weight excluding hydrogens is 312 g/mol. The van der Waals surface area contributed by atoms with Gasteiger partial charge in [-0.25, -0.2) is 4.98 Å². The lowest BCUT2D eigenvalue weighted by atomic mass is 10.1. The fraction of sp³-hybridized carbons (Fsp3) is 0.600. The lowest BCUT2D eigenvalue weighted by Crippen LogP contribution is -2.59. The predicted molar refractivity (Wildman–Crippen MR) is 89.1 cm³/mol. The number of aromatic nitrogens is 4. The molecule has 0 aromatic carbocycles. The van der Waals surface area contributed by atoms with Crippen LogP contribution in [0.25, 0.3) is 0 Å². The van der Waals surface area contributed by atoms with Gasteiger partial charge in [0.15, 0.2) is 11.6 Å². The van der Waals surface area contributed by atoms with Crippen LogP contribution in [-0.2, 0) is 24.2 Å². The molecule has 0 atom stereocenters. The van der Waals surface area contributed by atoms with E-state index in [9.17, 15) is 0 Å². The first-order chi connectivity index (χ1) is 11.2. The molecule has 1 fully saturated rings. The van der Waals surface area contributed by atoms with Crippen LogP contribution in [0.4, 0.5) is 10.9 Å². The molecule has 7 nitrogen and oxygen atoms in total. The molecule has 0 bridgehead atoms. The molecule has 0 radical (unpaired) electrons. The number of methoxy groups -OCH3 is 1. The van der Waals surface area contributed by atoms with Crippen LogP contribution < -0.4 is 9.80 Å². The van der Waals surface area contributed by atoms with Crippen molar-refractivity contribution < 1.29 is 4.74 Å². The smallest absolute Gasteiger partial charge is 0.205 e. The molecule has 0 N–H and O–H groups in total. The minimum atomic E-state index is 0.438. The molecule has 0 spiro atoms. The number of likely N-dealkylation sites (N-methyl/N-ethyl adjacent to an activating group) is 1. The molecule has 4 rings (SSSR count). The van der Waals surface area contributed by atoms with Gasteiger partial charge >= 0.3 is 0 Å². The number of hydrogen-bond donors (Lipinski definition) is 0. The zero-order valence-corrected chi connectivity index (χ0v) is 14.2. The van der Waals surface area contributed by atoms with E-state index >= 15 is 0 Å². The normalized spacial score (nSPS) is 17.2. The Kier molecular flexibility index (Phi) is 3.86. The topological polar surface area (TPSA) is 67.3 Å². The van der Waals surface area contributed by atoms with Crippen LogP contribution in [0.5, 0.6) is 0 Å². The van der Waals surface area contributed by atoms with Gasteiger partial charge in [0.25, 0.3) is 0 Å². The maximum Gasteiger partial charge on any atom is 0.205 e. The van der Waals surface area contributed by atoms with E-state index in [1.54, 1.807) is 7.11 Å². The second-order valence-corrected chi connectivity index (χ2v) is 6.85. The molecule has 3 heterocycles. The van der Waals surface area contributed by atoms with Gasteiger partial charge in [-0.1, -0.05) is 0 Å². The van der Waals surface area contributed by atoms with E-state index in [1.165, 1.54) is 29.2 Å². The van der Waals surface area contributed by atoms with Crippen molar-refractivity contribution >= 4 is 22.5 Å². The Morgan fingerprint density at radius 1 is 1.35 bits per heavy atom. The van der Waals surface area contributed by atoms with E-state index < -0.39 is 0 Å². The summed E-state index contributed by atoms with van der Waals surface area (Å²) >= 11 is 1.43. The van der Waals surface area contributed by atoms with Crippen molar-refractivity contribution in [2.75, 3.05) is 37.0 Å². The second kappa shape index (κ2) is 6.01. The second-order valence-electron chi connectivity index (χ2n) is 6.12. The SMILES string of the molecule is COCc1nsc(N(C)C2CN(c3cc4c(nn3)CCC4)C2)n1. The number of anilines is 2. The average molecular weight is 332 g/mol. The Hall–Kier alpha value is -1.80. The van der Waals surface area contributed by atoms with E-state index in [0.717, 1.165) is 42.7 Å². The van der Waals surface area contributed by atoms with Gasteiger partial charge in [-0.15, -0.1) is 5.10 Å². The highest BCUT2D eigenvalue weighted by atomic mass is 32.1. The highest BCUT2D eigenvalue weighted by Gasteiger charge is 2.33. The first-order valence-corrected chi connectivity index (χ1v) is 8.66. The van der Waals surface area contributed by atoms with Crippen molar-refractivity contribution in [2.24, 2.45) is 0 Å². The maximum atomic E-state index is 5.07. The first-order valence-electron chi connectivity index (χ1n) is 7.89. The molecule has 8 heteroatoms. The number of ether oxygens (including phenoxy) is 1. The average Bonchev–Trinajstić information content (AvgIpc) is 3.14. The van der Waals surface area contributed by atoms with Crippen molar-refractivity contribution in [1.29, 1.82) is 0 Å². The Morgan fingerprint density at radius 2 is 2.22 bits per heavy atom. The van der Waals surface area contributed by atoms with E-state index in [4.69, 9.17) is 4.74 Å². The monoisotopic (exact) mass is 332 g/mol. The quantitative estimate of drug-likeness (QED) is 0.817. The van der Waals surface area contributed by atoms with Gasteiger partial charge < -0.3 is 14.5 Å². The number of fused-ring (bicyclic) bond motifs is 1. The van der Waals surface area contributed by atoms with E-state index in [1.807, 2.05) is 0 Å². The van der Waals surface area contributed by atoms with E-state index in [0.29, 0.717) is 12.6 Å². The Labute approximate surface area is 139 Å². The van der Waals surface area contributed by atoms with Gasteiger partial charge in [-0.3, -0.25) is 0 Å². The van der Waals surface area contributed by atoms with Crippen LogP contribution >= 0.6 is 11.5 Å². The summed E-state index contributed by atoms with van der Waals surface area (Å²) in [7, 11) is 3.74. The lowest BCUT2D eigenvalue weighted by Gasteiger charge is -2.44. The Balaban J connectivity index is 1.38. The summed E-state index contributed by atoms with van der Waals surface area (Å²) in [5, 5.41) is 9.70. The standard InChI is InChI=1S/C15H20N6OS/c1-20(15-16-13(9-22-2)19-23-15)11-7-21(8-11)14-6-10-4-3-5-12(10)17-18-14/h6,11H,3-5,7-9H2,1-2H3. The maximum absolute atomic E-state index is 5.07. The molecule has 0 unspecified atom stereocenters. The number of aryl methyl sites for hydroxylation is 2. The summed E-state index contributed by atoms with van der Waals surface area (Å²) in [5.74, 6) is 1.76. The molecular formula is C15H20N6OS. The molecule has 1 aliphatic carbocycles. The molecule has 2 aliphatic rings. The summed E-state index contributed by atoms with van der Waals surface area (Å²) in [4.78, 5) is 8.99. The van der Waals surface area contributed by atoms with Crippen LogP contribution in [0.2, 0.25) is 0 Å². The van der Waals surface area contributed by atoms with Gasteiger partial charge in [0.05, 0.1) is 11.7 Å². The largest absolute Gasteiger partial charge is 0.377 e. The van der Waals surface area contributed by atoms with Crippen molar-refractivity contribution in [3.05, 3.63) is 23.1 Å².